The Kier molecular flexibility index (Phi) is 5.97. The molecule has 0 heterocycles. The van der Waals surface area contributed by atoms with Crippen molar-refractivity contribution in [1.29, 1.82) is 5.26 Å². The highest BCUT2D eigenvalue weighted by molar-refractivity contribution is 8.03. The number of carbonyl (C=O) groups is 1. The molecular weight excluding hydrogens is 260 g/mol. The van der Waals surface area contributed by atoms with Gasteiger partial charge >= 0.3 is 5.97 Å². The van der Waals surface area contributed by atoms with Crippen LogP contribution >= 0.6 is 11.8 Å². The first-order valence-corrected chi connectivity index (χ1v) is 6.61. The first kappa shape index (κ1) is 15.1. The van der Waals surface area contributed by atoms with E-state index in [0.29, 0.717) is 13.1 Å². The van der Waals surface area contributed by atoms with E-state index in [2.05, 4.69) is 6.58 Å². The molecule has 100 valence electrons. The van der Waals surface area contributed by atoms with Crippen molar-refractivity contribution in [1.82, 2.24) is 0 Å². The monoisotopic (exact) mass is 276 g/mol. The van der Waals surface area contributed by atoms with Crippen LogP contribution in [0.3, 0.4) is 0 Å². The Morgan fingerprint density at radius 3 is 2.58 bits per heavy atom. The molecule has 0 aromatic heterocycles. The highest BCUT2D eigenvalue weighted by atomic mass is 32.2. The third kappa shape index (κ3) is 5.49. The van der Waals surface area contributed by atoms with Gasteiger partial charge in [0.2, 0.25) is 0 Å². The van der Waals surface area contributed by atoms with Gasteiger partial charge in [0.25, 0.3) is 0 Å². The van der Waals surface area contributed by atoms with Crippen LogP contribution in [0.2, 0.25) is 0 Å². The molecule has 1 aromatic rings. The van der Waals surface area contributed by atoms with Gasteiger partial charge in [0.15, 0.2) is 0 Å². The summed E-state index contributed by atoms with van der Waals surface area (Å²) < 4.78 is 0. The van der Waals surface area contributed by atoms with Crippen molar-refractivity contribution < 1.29 is 9.90 Å². The topological polar surface area (TPSA) is 64.3 Å². The number of anilines is 1. The summed E-state index contributed by atoms with van der Waals surface area (Å²) in [6.07, 6.45) is 0.0853. The number of nitrogens with zero attached hydrogens (tertiary/aromatic N) is 2. The smallest absolute Gasteiger partial charge is 0.305 e. The molecule has 4 nitrogen and oxygen atoms in total. The number of carboxylic acids is 1. The summed E-state index contributed by atoms with van der Waals surface area (Å²) in [5, 5.41) is 19.4. The molecule has 0 saturated heterocycles. The van der Waals surface area contributed by atoms with Gasteiger partial charge in [0.1, 0.15) is 5.40 Å². The van der Waals surface area contributed by atoms with E-state index in [9.17, 15) is 4.79 Å². The molecule has 0 unspecified atom stereocenters. The summed E-state index contributed by atoms with van der Waals surface area (Å²) in [4.78, 5) is 13.5. The Morgan fingerprint density at radius 2 is 2.11 bits per heavy atom. The van der Waals surface area contributed by atoms with Crippen molar-refractivity contribution in [2.75, 3.05) is 18.0 Å². The molecule has 0 radical (unpaired) electrons. The lowest BCUT2D eigenvalue weighted by Crippen LogP contribution is -2.27. The van der Waals surface area contributed by atoms with Crippen LogP contribution < -0.4 is 4.90 Å². The van der Waals surface area contributed by atoms with Gasteiger partial charge in [-0.05, 0) is 43.0 Å². The maximum atomic E-state index is 10.7. The van der Waals surface area contributed by atoms with E-state index in [4.69, 9.17) is 10.4 Å². The number of carboxylic acid groups (broad SMARTS) is 1. The van der Waals surface area contributed by atoms with Crippen molar-refractivity contribution in [3.05, 3.63) is 36.4 Å². The lowest BCUT2D eigenvalue weighted by Gasteiger charge is -2.24. The Bertz CT molecular complexity index is 491. The van der Waals surface area contributed by atoms with Crippen LogP contribution in [0.4, 0.5) is 5.69 Å². The third-order valence-corrected chi connectivity index (χ3v) is 3.02. The third-order valence-electron chi connectivity index (χ3n) is 2.42. The normalized spacial score (nSPS) is 9.68. The Morgan fingerprint density at radius 1 is 1.47 bits per heavy atom. The van der Waals surface area contributed by atoms with Crippen molar-refractivity contribution in [3.63, 3.8) is 0 Å². The lowest BCUT2D eigenvalue weighted by atomic mass is 10.2. The van der Waals surface area contributed by atoms with Gasteiger partial charge in [-0.1, -0.05) is 12.2 Å². The SMILES string of the molecule is C=C(C)CN(CCC(=O)O)c1ccc(SC#N)cc1. The van der Waals surface area contributed by atoms with Gasteiger partial charge in [-0.2, -0.15) is 5.26 Å². The molecule has 1 aromatic carbocycles. The molecular formula is C14H16N2O2S. The van der Waals surface area contributed by atoms with Crippen LogP contribution in [-0.4, -0.2) is 24.2 Å². The number of thioether (sulfide) groups is 1. The summed E-state index contributed by atoms with van der Waals surface area (Å²) in [7, 11) is 0. The minimum atomic E-state index is -0.816. The van der Waals surface area contributed by atoms with E-state index >= 15 is 0 Å². The van der Waals surface area contributed by atoms with Crippen LogP contribution in [0.5, 0.6) is 0 Å². The van der Waals surface area contributed by atoms with Gasteiger partial charge < -0.3 is 10.0 Å². The molecule has 0 aliphatic carbocycles. The highest BCUT2D eigenvalue weighted by Gasteiger charge is 2.09. The zero-order chi connectivity index (χ0) is 14.3. The van der Waals surface area contributed by atoms with E-state index in [-0.39, 0.29) is 6.42 Å². The molecule has 0 aliphatic rings. The average molecular weight is 276 g/mol. The van der Waals surface area contributed by atoms with Gasteiger partial charge in [0, 0.05) is 23.7 Å². The highest BCUT2D eigenvalue weighted by Crippen LogP contribution is 2.22. The first-order valence-electron chi connectivity index (χ1n) is 5.80. The molecule has 0 bridgehead atoms. The quantitative estimate of drug-likeness (QED) is 0.471. The summed E-state index contributed by atoms with van der Waals surface area (Å²) in [5.74, 6) is -0.816. The molecule has 0 fully saturated rings. The zero-order valence-electron chi connectivity index (χ0n) is 10.8. The molecule has 0 atom stereocenters. The molecule has 1 rings (SSSR count). The van der Waals surface area contributed by atoms with Crippen molar-refractivity contribution in [2.45, 2.75) is 18.2 Å². The van der Waals surface area contributed by atoms with Crippen molar-refractivity contribution in [3.8, 4) is 5.40 Å². The minimum absolute atomic E-state index is 0.0853. The van der Waals surface area contributed by atoms with Gasteiger partial charge in [-0.3, -0.25) is 4.79 Å². The van der Waals surface area contributed by atoms with E-state index < -0.39 is 5.97 Å². The predicted molar refractivity (Wildman–Crippen MR) is 77.2 cm³/mol. The average Bonchev–Trinajstić information content (AvgIpc) is 2.35. The fourth-order valence-electron chi connectivity index (χ4n) is 1.63. The number of thiocyanates is 1. The van der Waals surface area contributed by atoms with E-state index in [1.165, 1.54) is 0 Å². The molecule has 5 heteroatoms. The van der Waals surface area contributed by atoms with Gasteiger partial charge in [-0.25, -0.2) is 0 Å². The number of nitriles is 1. The van der Waals surface area contributed by atoms with Gasteiger partial charge in [-0.15, -0.1) is 0 Å². The fourth-order valence-corrected chi connectivity index (χ4v) is 2.01. The largest absolute Gasteiger partial charge is 0.481 e. The second-order valence-corrected chi connectivity index (χ2v) is 5.07. The molecule has 19 heavy (non-hydrogen) atoms. The number of benzene rings is 1. The molecule has 1 N–H and O–H groups in total. The van der Waals surface area contributed by atoms with Crippen LogP contribution in [0, 0.1) is 10.7 Å². The summed E-state index contributed by atoms with van der Waals surface area (Å²) in [6.45, 7) is 6.83. The maximum Gasteiger partial charge on any atom is 0.305 e. The fraction of sp³-hybridized carbons (Fsp3) is 0.286. The summed E-state index contributed by atoms with van der Waals surface area (Å²) in [5.41, 5.74) is 1.91. The van der Waals surface area contributed by atoms with E-state index in [0.717, 1.165) is 27.9 Å². The minimum Gasteiger partial charge on any atom is -0.481 e. The first-order chi connectivity index (χ1) is 9.02. The zero-order valence-corrected chi connectivity index (χ0v) is 11.6. The number of aliphatic carboxylic acids is 1. The standard InChI is InChI=1S/C14H16N2O2S/c1-11(2)9-16(8-7-14(17)18)12-3-5-13(6-4-12)19-10-15/h3-6H,1,7-9H2,2H3,(H,17,18). The van der Waals surface area contributed by atoms with Crippen LogP contribution in [0.25, 0.3) is 0 Å². The predicted octanol–water partition coefficient (Wildman–Crippen LogP) is 3.12. The Balaban J connectivity index is 2.81. The van der Waals surface area contributed by atoms with Crippen LogP contribution in [-0.2, 0) is 4.79 Å². The Hall–Kier alpha value is -1.93. The van der Waals surface area contributed by atoms with Gasteiger partial charge in [0.05, 0.1) is 6.42 Å². The van der Waals surface area contributed by atoms with Crippen LogP contribution in [0.15, 0.2) is 41.3 Å². The van der Waals surface area contributed by atoms with E-state index in [1.807, 2.05) is 41.5 Å². The molecule has 0 aliphatic heterocycles. The van der Waals surface area contributed by atoms with E-state index in [1.54, 1.807) is 0 Å². The Labute approximate surface area is 117 Å². The number of rotatable bonds is 7. The second kappa shape index (κ2) is 7.49. The molecule has 0 amide bonds. The molecule has 0 saturated carbocycles. The second-order valence-electron chi connectivity index (χ2n) is 4.21. The lowest BCUT2D eigenvalue weighted by molar-refractivity contribution is -0.136. The number of hydrogen-bond donors (Lipinski definition) is 1. The van der Waals surface area contributed by atoms with Crippen molar-refractivity contribution >= 4 is 23.4 Å². The van der Waals surface area contributed by atoms with Crippen molar-refractivity contribution in [2.24, 2.45) is 0 Å². The summed E-state index contributed by atoms with van der Waals surface area (Å²) in [6, 6.07) is 7.50. The summed E-state index contributed by atoms with van der Waals surface area (Å²) >= 11 is 1.10. The molecule has 0 spiro atoms. The maximum absolute atomic E-state index is 10.7. The van der Waals surface area contributed by atoms with Crippen LogP contribution in [0.1, 0.15) is 13.3 Å². The number of hydrogen-bond acceptors (Lipinski definition) is 4.